The van der Waals surface area contributed by atoms with Crippen molar-refractivity contribution in [3.8, 4) is 0 Å². The molecule has 2 aliphatic heterocycles. The summed E-state index contributed by atoms with van der Waals surface area (Å²) in [6, 6.07) is -0.727. The second kappa shape index (κ2) is 7.20. The average Bonchev–Trinajstić information content (AvgIpc) is 2.66. The second-order valence-electron chi connectivity index (χ2n) is 5.52. The number of hydrogen-bond donors (Lipinski definition) is 1. The van der Waals surface area contributed by atoms with Gasteiger partial charge in [0.1, 0.15) is 6.04 Å². The number of carbonyl (C=O) groups excluding carboxylic acids is 1. The summed E-state index contributed by atoms with van der Waals surface area (Å²) in [5.74, 6) is -0.362. The zero-order chi connectivity index (χ0) is 14.5. The molecule has 5 nitrogen and oxygen atoms in total. The van der Waals surface area contributed by atoms with Gasteiger partial charge in [-0.25, -0.2) is 9.59 Å². The predicted octanol–water partition coefficient (Wildman–Crippen LogP) is 2.61. The molecular weight excluding hydrogens is 276 g/mol. The molecule has 2 aliphatic rings. The number of urea groups is 1. The van der Waals surface area contributed by atoms with Gasteiger partial charge in [0.15, 0.2) is 0 Å². The number of hydrogen-bond acceptors (Lipinski definition) is 3. The first-order valence-electron chi connectivity index (χ1n) is 7.56. The van der Waals surface area contributed by atoms with Gasteiger partial charge in [-0.2, -0.15) is 0 Å². The summed E-state index contributed by atoms with van der Waals surface area (Å²) in [7, 11) is 0. The Bertz CT molecular complexity index is 356. The van der Waals surface area contributed by atoms with E-state index in [1.165, 1.54) is 12.8 Å². The van der Waals surface area contributed by atoms with E-state index in [4.69, 9.17) is 0 Å². The lowest BCUT2D eigenvalue weighted by Gasteiger charge is -2.33. The van der Waals surface area contributed by atoms with Gasteiger partial charge < -0.3 is 10.0 Å². The van der Waals surface area contributed by atoms with Crippen LogP contribution in [0.15, 0.2) is 0 Å². The van der Waals surface area contributed by atoms with E-state index in [0.717, 1.165) is 38.8 Å². The third-order valence-corrected chi connectivity index (χ3v) is 5.37. The molecule has 2 atom stereocenters. The fraction of sp³-hybridized carbons (Fsp3) is 0.857. The zero-order valence-corrected chi connectivity index (χ0v) is 12.9. The molecule has 20 heavy (non-hydrogen) atoms. The third kappa shape index (κ3) is 3.40. The van der Waals surface area contributed by atoms with E-state index in [0.29, 0.717) is 5.75 Å². The number of amides is 2. The first-order chi connectivity index (χ1) is 9.65. The van der Waals surface area contributed by atoms with Crippen LogP contribution in [0.25, 0.3) is 0 Å². The minimum absolute atomic E-state index is 0.0249. The Morgan fingerprint density at radius 3 is 2.40 bits per heavy atom. The van der Waals surface area contributed by atoms with Crippen molar-refractivity contribution >= 4 is 23.8 Å². The molecule has 0 aromatic rings. The van der Waals surface area contributed by atoms with E-state index in [1.807, 2.05) is 4.90 Å². The number of thioether (sulfide) groups is 1. The fourth-order valence-corrected chi connectivity index (χ4v) is 4.41. The van der Waals surface area contributed by atoms with Crippen molar-refractivity contribution in [1.29, 1.82) is 0 Å². The van der Waals surface area contributed by atoms with E-state index in [1.54, 1.807) is 16.7 Å². The summed E-state index contributed by atoms with van der Waals surface area (Å²) in [6.45, 7) is 3.61. The monoisotopic (exact) mass is 300 g/mol. The van der Waals surface area contributed by atoms with Crippen LogP contribution in [-0.4, -0.2) is 57.2 Å². The Morgan fingerprint density at radius 2 is 1.85 bits per heavy atom. The highest BCUT2D eigenvalue weighted by atomic mass is 32.2. The predicted molar refractivity (Wildman–Crippen MR) is 79.9 cm³/mol. The van der Waals surface area contributed by atoms with Gasteiger partial charge in [0.2, 0.25) is 0 Å². The van der Waals surface area contributed by atoms with Crippen LogP contribution in [0.2, 0.25) is 0 Å². The largest absolute Gasteiger partial charge is 0.480 e. The van der Waals surface area contributed by atoms with Gasteiger partial charge in [-0.3, -0.25) is 4.90 Å². The van der Waals surface area contributed by atoms with E-state index >= 15 is 0 Å². The van der Waals surface area contributed by atoms with Gasteiger partial charge >= 0.3 is 12.0 Å². The number of nitrogens with zero attached hydrogens (tertiary/aromatic N) is 2. The number of carboxylic acids is 1. The number of likely N-dealkylation sites (tertiary alicyclic amines) is 1. The second-order valence-corrected chi connectivity index (χ2v) is 6.73. The quantitative estimate of drug-likeness (QED) is 0.870. The number of rotatable bonds is 3. The van der Waals surface area contributed by atoms with E-state index in [9.17, 15) is 14.7 Å². The van der Waals surface area contributed by atoms with E-state index in [2.05, 4.69) is 6.92 Å². The van der Waals surface area contributed by atoms with Crippen molar-refractivity contribution in [1.82, 2.24) is 9.80 Å². The van der Waals surface area contributed by atoms with Gasteiger partial charge in [0.25, 0.3) is 0 Å². The Morgan fingerprint density at radius 1 is 1.20 bits per heavy atom. The molecule has 2 saturated heterocycles. The molecular formula is C14H24N2O3S. The number of carboxylic acid groups (broad SMARTS) is 1. The molecule has 2 rings (SSSR count). The summed E-state index contributed by atoms with van der Waals surface area (Å²) >= 11 is 1.61. The van der Waals surface area contributed by atoms with Crippen LogP contribution in [0.1, 0.15) is 45.4 Å². The summed E-state index contributed by atoms with van der Waals surface area (Å²) in [6.07, 6.45) is 6.23. The molecule has 0 aromatic heterocycles. The minimum Gasteiger partial charge on any atom is -0.480 e. The molecule has 0 saturated carbocycles. The number of aliphatic carboxylic acids is 1. The molecule has 2 amide bonds. The van der Waals surface area contributed by atoms with Crippen LogP contribution in [0.4, 0.5) is 4.79 Å². The molecule has 1 N–H and O–H groups in total. The van der Waals surface area contributed by atoms with E-state index in [-0.39, 0.29) is 11.4 Å². The van der Waals surface area contributed by atoms with Crippen LogP contribution in [-0.2, 0) is 4.79 Å². The van der Waals surface area contributed by atoms with Gasteiger partial charge in [-0.05, 0) is 19.3 Å². The van der Waals surface area contributed by atoms with Gasteiger partial charge in [-0.15, -0.1) is 11.8 Å². The van der Waals surface area contributed by atoms with Crippen LogP contribution in [0.3, 0.4) is 0 Å². The first kappa shape index (κ1) is 15.5. The fourth-order valence-electron chi connectivity index (χ4n) is 2.90. The summed E-state index contributed by atoms with van der Waals surface area (Å²) < 4.78 is 0. The first-order valence-corrected chi connectivity index (χ1v) is 8.61. The summed E-state index contributed by atoms with van der Waals surface area (Å²) in [5, 5.41) is 9.37. The van der Waals surface area contributed by atoms with Crippen molar-refractivity contribution in [3.63, 3.8) is 0 Å². The summed E-state index contributed by atoms with van der Waals surface area (Å²) in [4.78, 5) is 27.6. The normalized spacial score (nSPS) is 27.4. The Hall–Kier alpha value is -0.910. The lowest BCUT2D eigenvalue weighted by atomic mass is 10.2. The Balaban J connectivity index is 2.10. The van der Waals surface area contributed by atoms with Crippen LogP contribution < -0.4 is 0 Å². The molecule has 2 heterocycles. The molecule has 0 spiro atoms. The van der Waals surface area contributed by atoms with Gasteiger partial charge in [0, 0.05) is 18.8 Å². The molecule has 114 valence electrons. The van der Waals surface area contributed by atoms with Gasteiger partial charge in [-0.1, -0.05) is 26.2 Å². The highest BCUT2D eigenvalue weighted by molar-refractivity contribution is 8.00. The van der Waals surface area contributed by atoms with Crippen LogP contribution >= 0.6 is 11.8 Å². The minimum atomic E-state index is -0.876. The maximum Gasteiger partial charge on any atom is 0.327 e. The SMILES string of the molecule is CCCC1SCC(C(=O)O)N1C(=O)N1CCCCCC1. The maximum atomic E-state index is 12.7. The number of carbonyl (C=O) groups is 2. The lowest BCUT2D eigenvalue weighted by Crippen LogP contribution is -2.51. The van der Waals surface area contributed by atoms with Crippen molar-refractivity contribution in [2.75, 3.05) is 18.8 Å². The summed E-state index contributed by atoms with van der Waals surface area (Å²) in [5.41, 5.74) is 0. The highest BCUT2D eigenvalue weighted by Gasteiger charge is 2.42. The molecule has 2 unspecified atom stereocenters. The van der Waals surface area contributed by atoms with Crippen molar-refractivity contribution in [2.45, 2.75) is 56.9 Å². The smallest absolute Gasteiger partial charge is 0.327 e. The molecule has 6 heteroatoms. The molecule has 2 fully saturated rings. The van der Waals surface area contributed by atoms with Gasteiger partial charge in [0.05, 0.1) is 5.37 Å². The molecule has 0 aromatic carbocycles. The topological polar surface area (TPSA) is 60.9 Å². The standard InChI is InChI=1S/C14H24N2O3S/c1-2-7-12-16(11(10-20-12)13(17)18)14(19)15-8-5-3-4-6-9-15/h11-12H,2-10H2,1H3,(H,17,18). The molecule has 0 radical (unpaired) electrons. The van der Waals surface area contributed by atoms with Crippen molar-refractivity contribution in [3.05, 3.63) is 0 Å². The van der Waals surface area contributed by atoms with Crippen molar-refractivity contribution < 1.29 is 14.7 Å². The van der Waals surface area contributed by atoms with Crippen LogP contribution in [0, 0.1) is 0 Å². The van der Waals surface area contributed by atoms with Crippen LogP contribution in [0.5, 0.6) is 0 Å². The zero-order valence-electron chi connectivity index (χ0n) is 12.1. The van der Waals surface area contributed by atoms with Crippen molar-refractivity contribution in [2.24, 2.45) is 0 Å². The highest BCUT2D eigenvalue weighted by Crippen LogP contribution is 2.33. The Kier molecular flexibility index (Phi) is 5.57. The average molecular weight is 300 g/mol. The maximum absolute atomic E-state index is 12.7. The lowest BCUT2D eigenvalue weighted by molar-refractivity contribution is -0.141. The Labute approximate surface area is 124 Å². The van der Waals surface area contributed by atoms with E-state index < -0.39 is 12.0 Å². The molecule has 0 aliphatic carbocycles. The third-order valence-electron chi connectivity index (χ3n) is 4.01. The molecule has 0 bridgehead atoms.